The summed E-state index contributed by atoms with van der Waals surface area (Å²) in [5.74, 6) is -0.224. The minimum atomic E-state index is -0.239. The molecule has 6 nitrogen and oxygen atoms in total. The third-order valence-corrected chi connectivity index (χ3v) is 6.05. The second-order valence-electron chi connectivity index (χ2n) is 7.01. The molecule has 2 aromatic heterocycles. The van der Waals surface area contributed by atoms with Gasteiger partial charge in [0.1, 0.15) is 10.7 Å². The number of nitrogens with zero attached hydrogens (tertiary/aromatic N) is 5. The van der Waals surface area contributed by atoms with Gasteiger partial charge in [-0.15, -0.1) is 0 Å². The number of carbonyl (C=O) groups is 1. The van der Waals surface area contributed by atoms with Crippen molar-refractivity contribution in [3.05, 3.63) is 58.1 Å². The number of anilines is 1. The molecule has 1 aliphatic heterocycles. The van der Waals surface area contributed by atoms with Gasteiger partial charge in [0.05, 0.1) is 11.4 Å². The van der Waals surface area contributed by atoms with Crippen LogP contribution in [0.25, 0.3) is 5.13 Å². The first-order valence-corrected chi connectivity index (χ1v) is 10.0. The largest absolute Gasteiger partial charge is 0.368 e. The fourth-order valence-electron chi connectivity index (χ4n) is 3.46. The number of piperazine rings is 1. The third-order valence-electron chi connectivity index (χ3n) is 4.93. The van der Waals surface area contributed by atoms with Crippen molar-refractivity contribution in [1.29, 1.82) is 0 Å². The Morgan fingerprint density at radius 1 is 1.07 bits per heavy atom. The molecule has 0 spiro atoms. The van der Waals surface area contributed by atoms with Gasteiger partial charge < -0.3 is 9.80 Å². The summed E-state index contributed by atoms with van der Waals surface area (Å²) in [4.78, 5) is 22.3. The summed E-state index contributed by atoms with van der Waals surface area (Å²) in [6.07, 6.45) is 0. The van der Waals surface area contributed by atoms with Gasteiger partial charge in [0.15, 0.2) is 0 Å². The Balaban J connectivity index is 1.47. The van der Waals surface area contributed by atoms with E-state index in [1.165, 1.54) is 23.5 Å². The van der Waals surface area contributed by atoms with E-state index in [4.69, 9.17) is 0 Å². The molecule has 1 fully saturated rings. The SMILES string of the molecule is Cc1cc(C)n(-c2nc(C)c(C(=O)N3CCN(c4ccc(F)cc4)CC3)s2)n1. The van der Waals surface area contributed by atoms with Crippen LogP contribution in [0.5, 0.6) is 0 Å². The number of thiazole rings is 1. The highest BCUT2D eigenvalue weighted by Crippen LogP contribution is 2.25. The van der Waals surface area contributed by atoms with Gasteiger partial charge in [-0.25, -0.2) is 14.1 Å². The highest BCUT2D eigenvalue weighted by atomic mass is 32.1. The first kappa shape index (κ1) is 18.6. The number of halogens is 1. The summed E-state index contributed by atoms with van der Waals surface area (Å²) in [5.41, 5.74) is 3.64. The van der Waals surface area contributed by atoms with Crippen molar-refractivity contribution in [2.24, 2.45) is 0 Å². The number of hydrogen-bond donors (Lipinski definition) is 0. The quantitative estimate of drug-likeness (QED) is 0.678. The zero-order valence-corrected chi connectivity index (χ0v) is 17.0. The predicted molar refractivity (Wildman–Crippen MR) is 108 cm³/mol. The zero-order chi connectivity index (χ0) is 19.8. The summed E-state index contributed by atoms with van der Waals surface area (Å²) in [5, 5.41) is 5.18. The molecule has 8 heteroatoms. The number of hydrogen-bond acceptors (Lipinski definition) is 5. The molecule has 0 saturated carbocycles. The highest BCUT2D eigenvalue weighted by molar-refractivity contribution is 7.16. The second-order valence-corrected chi connectivity index (χ2v) is 7.98. The number of aryl methyl sites for hydroxylation is 3. The molecule has 28 heavy (non-hydrogen) atoms. The first-order valence-electron chi connectivity index (χ1n) is 9.23. The lowest BCUT2D eigenvalue weighted by atomic mass is 10.2. The maximum Gasteiger partial charge on any atom is 0.266 e. The minimum absolute atomic E-state index is 0.0153. The number of amides is 1. The predicted octanol–water partition coefficient (Wildman–Crippen LogP) is 3.36. The molecule has 0 N–H and O–H groups in total. The molecule has 3 aromatic rings. The van der Waals surface area contributed by atoms with Gasteiger partial charge in [0.2, 0.25) is 5.13 Å². The van der Waals surface area contributed by atoms with Crippen molar-refractivity contribution in [2.75, 3.05) is 31.1 Å². The van der Waals surface area contributed by atoms with Crippen LogP contribution in [0.3, 0.4) is 0 Å². The lowest BCUT2D eigenvalue weighted by Gasteiger charge is -2.36. The Kier molecular flexibility index (Phi) is 4.89. The van der Waals surface area contributed by atoms with Crippen LogP contribution in [0.4, 0.5) is 10.1 Å². The van der Waals surface area contributed by atoms with Crippen LogP contribution in [-0.2, 0) is 0 Å². The molecule has 1 aromatic carbocycles. The second kappa shape index (κ2) is 7.35. The fraction of sp³-hybridized carbons (Fsp3) is 0.350. The molecule has 1 saturated heterocycles. The molecule has 0 radical (unpaired) electrons. The van der Waals surface area contributed by atoms with E-state index in [0.29, 0.717) is 18.0 Å². The van der Waals surface area contributed by atoms with Gasteiger partial charge in [-0.05, 0) is 51.1 Å². The molecule has 0 atom stereocenters. The Bertz CT molecular complexity index is 1000. The van der Waals surface area contributed by atoms with Crippen molar-refractivity contribution >= 4 is 22.9 Å². The van der Waals surface area contributed by atoms with Crippen LogP contribution in [0, 0.1) is 26.6 Å². The van der Waals surface area contributed by atoms with Crippen LogP contribution in [0.1, 0.15) is 26.8 Å². The molecule has 1 amide bonds. The van der Waals surface area contributed by atoms with Crippen molar-refractivity contribution in [1.82, 2.24) is 19.7 Å². The number of rotatable bonds is 3. The summed E-state index contributed by atoms with van der Waals surface area (Å²) < 4.78 is 14.9. The highest BCUT2D eigenvalue weighted by Gasteiger charge is 2.26. The van der Waals surface area contributed by atoms with E-state index in [1.54, 1.807) is 16.8 Å². The maximum atomic E-state index is 13.1. The van der Waals surface area contributed by atoms with E-state index < -0.39 is 0 Å². The minimum Gasteiger partial charge on any atom is -0.368 e. The number of benzene rings is 1. The van der Waals surface area contributed by atoms with E-state index in [0.717, 1.165) is 41.0 Å². The molecular formula is C20H22FN5OS. The lowest BCUT2D eigenvalue weighted by molar-refractivity contribution is 0.0750. The molecule has 3 heterocycles. The first-order chi connectivity index (χ1) is 13.4. The summed E-state index contributed by atoms with van der Waals surface area (Å²) >= 11 is 1.38. The molecular weight excluding hydrogens is 377 g/mol. The van der Waals surface area contributed by atoms with Crippen molar-refractivity contribution in [2.45, 2.75) is 20.8 Å². The van der Waals surface area contributed by atoms with E-state index in [2.05, 4.69) is 15.0 Å². The van der Waals surface area contributed by atoms with Crippen LogP contribution in [0.2, 0.25) is 0 Å². The van der Waals surface area contributed by atoms with Gasteiger partial charge in [0.25, 0.3) is 5.91 Å². The third kappa shape index (κ3) is 3.52. The van der Waals surface area contributed by atoms with E-state index in [1.807, 2.05) is 31.7 Å². The topological polar surface area (TPSA) is 54.3 Å². The van der Waals surface area contributed by atoms with Gasteiger partial charge >= 0.3 is 0 Å². The van der Waals surface area contributed by atoms with Crippen molar-refractivity contribution in [3.8, 4) is 5.13 Å². The van der Waals surface area contributed by atoms with Crippen molar-refractivity contribution in [3.63, 3.8) is 0 Å². The molecule has 0 unspecified atom stereocenters. The van der Waals surface area contributed by atoms with Gasteiger partial charge in [0, 0.05) is 37.6 Å². The Morgan fingerprint density at radius 2 is 1.75 bits per heavy atom. The Morgan fingerprint density at radius 3 is 2.36 bits per heavy atom. The van der Waals surface area contributed by atoms with Crippen LogP contribution < -0.4 is 4.90 Å². The van der Waals surface area contributed by atoms with E-state index >= 15 is 0 Å². The summed E-state index contributed by atoms with van der Waals surface area (Å²) in [6, 6.07) is 8.48. The average molecular weight is 399 g/mol. The lowest BCUT2D eigenvalue weighted by Crippen LogP contribution is -2.48. The van der Waals surface area contributed by atoms with E-state index in [-0.39, 0.29) is 11.7 Å². The summed E-state index contributed by atoms with van der Waals surface area (Å²) in [7, 11) is 0. The smallest absolute Gasteiger partial charge is 0.266 e. The molecule has 4 rings (SSSR count). The normalized spacial score (nSPS) is 14.6. The Hall–Kier alpha value is -2.74. The zero-order valence-electron chi connectivity index (χ0n) is 16.1. The van der Waals surface area contributed by atoms with Crippen molar-refractivity contribution < 1.29 is 9.18 Å². The monoisotopic (exact) mass is 399 g/mol. The molecule has 1 aliphatic rings. The molecule has 0 aliphatic carbocycles. The van der Waals surface area contributed by atoms with Gasteiger partial charge in [-0.1, -0.05) is 11.3 Å². The van der Waals surface area contributed by atoms with Crippen LogP contribution in [0.15, 0.2) is 30.3 Å². The average Bonchev–Trinajstić information content (AvgIpc) is 3.23. The van der Waals surface area contributed by atoms with E-state index in [9.17, 15) is 9.18 Å². The molecule has 0 bridgehead atoms. The maximum absolute atomic E-state index is 13.1. The Labute approximate surface area is 167 Å². The number of aromatic nitrogens is 3. The van der Waals surface area contributed by atoms with Crippen LogP contribution in [-0.4, -0.2) is 51.8 Å². The summed E-state index contributed by atoms with van der Waals surface area (Å²) in [6.45, 7) is 8.49. The molecule has 146 valence electrons. The van der Waals surface area contributed by atoms with Crippen LogP contribution >= 0.6 is 11.3 Å². The standard InChI is InChI=1S/C20H22FN5OS/c1-13-12-14(2)26(23-13)20-22-15(3)18(28-20)19(27)25-10-8-24(9-11-25)17-6-4-16(21)5-7-17/h4-7,12H,8-11H2,1-3H3. The van der Waals surface area contributed by atoms with Gasteiger partial charge in [-0.3, -0.25) is 4.79 Å². The van der Waals surface area contributed by atoms with Gasteiger partial charge in [-0.2, -0.15) is 5.10 Å². The number of carbonyl (C=O) groups excluding carboxylic acids is 1. The fourth-order valence-corrected chi connectivity index (χ4v) is 4.50.